The number of anilines is 2. The van der Waals surface area contributed by atoms with Gasteiger partial charge in [-0.15, -0.1) is 0 Å². The number of pyridine rings is 1. The minimum atomic E-state index is 0.0914. The zero-order chi connectivity index (χ0) is 22.0. The summed E-state index contributed by atoms with van der Waals surface area (Å²) in [6.07, 6.45) is 3.58. The van der Waals surface area contributed by atoms with E-state index in [1.807, 2.05) is 36.5 Å². The van der Waals surface area contributed by atoms with E-state index in [0.29, 0.717) is 11.5 Å². The number of nitrogens with one attached hydrogen (secondary N) is 1. The SMILES string of the molecule is COc1cc2nncc(-c3ccc(Nc4cccc(C(C)(C)C)c4)nc3)c2cc1OC. The number of nitrogens with zero attached hydrogens (tertiary/aromatic N) is 3. The number of ether oxygens (including phenoxy) is 2. The third-order valence-corrected chi connectivity index (χ3v) is 5.22. The van der Waals surface area contributed by atoms with Gasteiger partial charge >= 0.3 is 0 Å². The fourth-order valence-corrected chi connectivity index (χ4v) is 3.45. The van der Waals surface area contributed by atoms with Gasteiger partial charge in [-0.3, -0.25) is 0 Å². The first-order valence-corrected chi connectivity index (χ1v) is 10.1. The third-order valence-electron chi connectivity index (χ3n) is 5.22. The molecule has 0 bridgehead atoms. The number of hydrogen-bond donors (Lipinski definition) is 1. The van der Waals surface area contributed by atoms with Crippen LogP contribution in [0.3, 0.4) is 0 Å². The number of fused-ring (bicyclic) bond motifs is 1. The van der Waals surface area contributed by atoms with Crippen LogP contribution in [-0.4, -0.2) is 29.4 Å². The molecule has 31 heavy (non-hydrogen) atoms. The number of hydrogen-bond acceptors (Lipinski definition) is 6. The molecule has 6 nitrogen and oxygen atoms in total. The molecule has 0 unspecified atom stereocenters. The highest BCUT2D eigenvalue weighted by Gasteiger charge is 2.14. The smallest absolute Gasteiger partial charge is 0.162 e. The van der Waals surface area contributed by atoms with E-state index >= 15 is 0 Å². The normalized spacial score (nSPS) is 11.4. The molecule has 4 rings (SSSR count). The molecule has 0 saturated carbocycles. The lowest BCUT2D eigenvalue weighted by molar-refractivity contribution is 0.356. The zero-order valence-corrected chi connectivity index (χ0v) is 18.4. The highest BCUT2D eigenvalue weighted by molar-refractivity contribution is 5.95. The lowest BCUT2D eigenvalue weighted by Gasteiger charge is -2.20. The van der Waals surface area contributed by atoms with Crippen LogP contribution in [0.5, 0.6) is 11.5 Å². The minimum Gasteiger partial charge on any atom is -0.493 e. The number of benzene rings is 2. The first kappa shape index (κ1) is 20.6. The second-order valence-electron chi connectivity index (χ2n) is 8.37. The Bertz CT molecular complexity index is 1210. The van der Waals surface area contributed by atoms with Crippen molar-refractivity contribution in [3.05, 3.63) is 66.5 Å². The molecule has 0 saturated heterocycles. The first-order chi connectivity index (χ1) is 14.9. The topological polar surface area (TPSA) is 69.2 Å². The molecular formula is C25H26N4O2. The van der Waals surface area contributed by atoms with Gasteiger partial charge in [0.05, 0.1) is 25.9 Å². The fourth-order valence-electron chi connectivity index (χ4n) is 3.45. The summed E-state index contributed by atoms with van der Waals surface area (Å²) >= 11 is 0. The number of aromatic nitrogens is 3. The highest BCUT2D eigenvalue weighted by Crippen LogP contribution is 2.35. The Hall–Kier alpha value is -3.67. The van der Waals surface area contributed by atoms with Crippen LogP contribution in [0.15, 0.2) is 60.9 Å². The maximum atomic E-state index is 5.46. The molecule has 1 N–H and O–H groups in total. The average Bonchev–Trinajstić information content (AvgIpc) is 2.78. The second kappa shape index (κ2) is 8.22. The van der Waals surface area contributed by atoms with Gasteiger partial charge < -0.3 is 14.8 Å². The molecule has 0 aliphatic rings. The summed E-state index contributed by atoms with van der Waals surface area (Å²) in [4.78, 5) is 4.61. The molecule has 2 aromatic heterocycles. The number of rotatable bonds is 5. The maximum absolute atomic E-state index is 5.46. The first-order valence-electron chi connectivity index (χ1n) is 10.1. The summed E-state index contributed by atoms with van der Waals surface area (Å²) < 4.78 is 10.8. The van der Waals surface area contributed by atoms with E-state index in [1.54, 1.807) is 20.4 Å². The van der Waals surface area contributed by atoms with E-state index in [4.69, 9.17) is 9.47 Å². The van der Waals surface area contributed by atoms with Crippen LogP contribution in [0.25, 0.3) is 22.0 Å². The van der Waals surface area contributed by atoms with Gasteiger partial charge in [-0.05, 0) is 41.3 Å². The second-order valence-corrected chi connectivity index (χ2v) is 8.37. The van der Waals surface area contributed by atoms with E-state index in [0.717, 1.165) is 33.5 Å². The van der Waals surface area contributed by atoms with Crippen molar-refractivity contribution >= 4 is 22.4 Å². The van der Waals surface area contributed by atoms with E-state index in [2.05, 4.69) is 59.5 Å². The molecule has 0 atom stereocenters. The largest absolute Gasteiger partial charge is 0.493 e. The number of methoxy groups -OCH3 is 2. The summed E-state index contributed by atoms with van der Waals surface area (Å²) in [5.74, 6) is 2.05. The Morgan fingerprint density at radius 2 is 1.65 bits per heavy atom. The molecule has 0 aliphatic heterocycles. The summed E-state index contributed by atoms with van der Waals surface area (Å²) in [6, 6.07) is 16.2. The molecule has 0 aliphatic carbocycles. The van der Waals surface area contributed by atoms with Gasteiger partial charge in [0.2, 0.25) is 0 Å². The predicted octanol–water partition coefficient (Wildman–Crippen LogP) is 5.75. The van der Waals surface area contributed by atoms with Gasteiger partial charge in [-0.1, -0.05) is 32.9 Å². The van der Waals surface area contributed by atoms with E-state index in [1.165, 1.54) is 5.56 Å². The van der Waals surface area contributed by atoms with Gasteiger partial charge in [0.25, 0.3) is 0 Å². The summed E-state index contributed by atoms with van der Waals surface area (Å²) in [5.41, 5.74) is 4.99. The molecule has 0 amide bonds. The lowest BCUT2D eigenvalue weighted by atomic mass is 9.87. The predicted molar refractivity (Wildman–Crippen MR) is 124 cm³/mol. The van der Waals surface area contributed by atoms with Crippen molar-refractivity contribution in [3.63, 3.8) is 0 Å². The van der Waals surface area contributed by atoms with Crippen molar-refractivity contribution in [1.82, 2.24) is 15.2 Å². The van der Waals surface area contributed by atoms with Crippen molar-refractivity contribution in [2.24, 2.45) is 0 Å². The third kappa shape index (κ3) is 4.28. The van der Waals surface area contributed by atoms with Crippen molar-refractivity contribution in [2.45, 2.75) is 26.2 Å². The quantitative estimate of drug-likeness (QED) is 0.448. The molecule has 6 heteroatoms. The molecule has 2 aromatic carbocycles. The molecule has 0 spiro atoms. The summed E-state index contributed by atoms with van der Waals surface area (Å²) in [6.45, 7) is 6.62. The van der Waals surface area contributed by atoms with E-state index in [9.17, 15) is 0 Å². The van der Waals surface area contributed by atoms with Crippen LogP contribution >= 0.6 is 0 Å². The van der Waals surface area contributed by atoms with Crippen LogP contribution in [0.1, 0.15) is 26.3 Å². The molecule has 0 fully saturated rings. The molecule has 4 aromatic rings. The molecule has 0 radical (unpaired) electrons. The van der Waals surface area contributed by atoms with Gasteiger partial charge in [0, 0.05) is 34.5 Å². The highest BCUT2D eigenvalue weighted by atomic mass is 16.5. The van der Waals surface area contributed by atoms with Crippen molar-refractivity contribution in [3.8, 4) is 22.6 Å². The molecule has 158 valence electrons. The zero-order valence-electron chi connectivity index (χ0n) is 18.4. The Balaban J connectivity index is 1.65. The Kier molecular flexibility index (Phi) is 5.46. The Morgan fingerprint density at radius 1 is 0.871 bits per heavy atom. The van der Waals surface area contributed by atoms with Gasteiger partial charge in [-0.2, -0.15) is 10.2 Å². The maximum Gasteiger partial charge on any atom is 0.162 e. The van der Waals surface area contributed by atoms with Crippen LogP contribution in [-0.2, 0) is 5.41 Å². The van der Waals surface area contributed by atoms with Gasteiger partial charge in [-0.25, -0.2) is 4.98 Å². The Labute approximate surface area is 182 Å². The average molecular weight is 415 g/mol. The Morgan fingerprint density at radius 3 is 2.32 bits per heavy atom. The summed E-state index contributed by atoms with van der Waals surface area (Å²) in [7, 11) is 3.22. The fraction of sp³-hybridized carbons (Fsp3) is 0.240. The summed E-state index contributed by atoms with van der Waals surface area (Å²) in [5, 5.41) is 12.7. The van der Waals surface area contributed by atoms with Crippen molar-refractivity contribution in [1.29, 1.82) is 0 Å². The van der Waals surface area contributed by atoms with Crippen molar-refractivity contribution in [2.75, 3.05) is 19.5 Å². The minimum absolute atomic E-state index is 0.0914. The van der Waals surface area contributed by atoms with Crippen LogP contribution in [0.2, 0.25) is 0 Å². The van der Waals surface area contributed by atoms with E-state index in [-0.39, 0.29) is 5.41 Å². The van der Waals surface area contributed by atoms with Crippen LogP contribution < -0.4 is 14.8 Å². The molecule has 2 heterocycles. The van der Waals surface area contributed by atoms with Gasteiger partial charge in [0.15, 0.2) is 11.5 Å². The van der Waals surface area contributed by atoms with Crippen LogP contribution in [0.4, 0.5) is 11.5 Å². The van der Waals surface area contributed by atoms with Crippen LogP contribution in [0, 0.1) is 0 Å². The monoisotopic (exact) mass is 414 g/mol. The van der Waals surface area contributed by atoms with Crippen molar-refractivity contribution < 1.29 is 9.47 Å². The van der Waals surface area contributed by atoms with Gasteiger partial charge in [0.1, 0.15) is 5.82 Å². The lowest BCUT2D eigenvalue weighted by Crippen LogP contribution is -2.11. The standard InChI is InChI=1S/C25H26N4O2/c1-25(2,3)17-7-6-8-18(11-17)28-24-10-9-16(14-26-24)20-15-27-29-21-13-23(31-5)22(30-4)12-19(20)21/h6-15H,1-5H3,(H,26,28). The molecular weight excluding hydrogens is 388 g/mol. The van der Waals surface area contributed by atoms with E-state index < -0.39 is 0 Å².